The Labute approximate surface area is 206 Å². The molecule has 182 valence electrons. The van der Waals surface area contributed by atoms with Gasteiger partial charge in [0.15, 0.2) is 0 Å². The average Bonchev–Trinajstić information content (AvgIpc) is 2.74. The number of allylic oxidation sites excluding steroid dienone is 2. The third-order valence-electron chi connectivity index (χ3n) is 7.19. The molecule has 0 aliphatic rings. The molecule has 0 amide bonds. The summed E-state index contributed by atoms with van der Waals surface area (Å²) in [5.74, 6) is 0.726. The molecule has 2 nitrogen and oxygen atoms in total. The van der Waals surface area contributed by atoms with Crippen LogP contribution in [0.5, 0.6) is 0 Å². The molecule has 0 saturated heterocycles. The molecule has 0 bridgehead atoms. The topological polar surface area (TPSA) is 29.5 Å². The SMILES string of the molecule is C=C(CC/C=C(/C)CC)C(O)C([Se]c1ccccc1)[C@@H](C)[C@@H](C)CO[Si](C)(C)C(C)(C)C. The number of aliphatic hydroxyl groups excluding tert-OH is 1. The van der Waals surface area contributed by atoms with E-state index in [9.17, 15) is 5.11 Å². The van der Waals surface area contributed by atoms with Gasteiger partial charge in [-0.1, -0.05) is 0 Å². The van der Waals surface area contributed by atoms with Gasteiger partial charge < -0.3 is 0 Å². The average molecular weight is 524 g/mol. The van der Waals surface area contributed by atoms with E-state index in [1.807, 2.05) is 0 Å². The Kier molecular flexibility index (Phi) is 12.2. The molecule has 0 radical (unpaired) electrons. The molecule has 0 aromatic heterocycles. The molecule has 1 aromatic carbocycles. The zero-order valence-corrected chi connectivity index (χ0v) is 24.8. The summed E-state index contributed by atoms with van der Waals surface area (Å²) >= 11 is 0.170. The Morgan fingerprint density at radius 2 is 1.78 bits per heavy atom. The van der Waals surface area contributed by atoms with Crippen molar-refractivity contribution in [3.8, 4) is 0 Å². The first-order valence-electron chi connectivity index (χ1n) is 12.2. The fraction of sp³-hybridized carbons (Fsp3) is 0.643. The molecular formula is C28H48O2SeSi. The molecular weight excluding hydrogens is 475 g/mol. The molecule has 1 N–H and O–H groups in total. The maximum absolute atomic E-state index is 11.4. The number of benzene rings is 1. The molecule has 0 heterocycles. The fourth-order valence-electron chi connectivity index (χ4n) is 3.18. The van der Waals surface area contributed by atoms with Crippen molar-refractivity contribution >= 4 is 27.7 Å². The van der Waals surface area contributed by atoms with Gasteiger partial charge in [0.1, 0.15) is 0 Å². The van der Waals surface area contributed by atoms with Gasteiger partial charge >= 0.3 is 207 Å². The minimum absolute atomic E-state index is 0.170. The molecule has 2 unspecified atom stereocenters. The summed E-state index contributed by atoms with van der Waals surface area (Å²) in [6.07, 6.45) is 4.70. The van der Waals surface area contributed by atoms with Crippen LogP contribution in [0.1, 0.15) is 67.7 Å². The van der Waals surface area contributed by atoms with E-state index in [-0.39, 0.29) is 24.8 Å². The third kappa shape index (κ3) is 9.31. The van der Waals surface area contributed by atoms with Crippen molar-refractivity contribution in [1.29, 1.82) is 0 Å². The molecule has 4 atom stereocenters. The van der Waals surface area contributed by atoms with Gasteiger partial charge in [-0.2, -0.15) is 0 Å². The van der Waals surface area contributed by atoms with Gasteiger partial charge in [-0.3, -0.25) is 0 Å². The molecule has 4 heteroatoms. The molecule has 1 aromatic rings. The van der Waals surface area contributed by atoms with Crippen molar-refractivity contribution < 1.29 is 9.53 Å². The van der Waals surface area contributed by atoms with Gasteiger partial charge in [0.25, 0.3) is 0 Å². The van der Waals surface area contributed by atoms with Crippen LogP contribution < -0.4 is 4.46 Å². The zero-order valence-electron chi connectivity index (χ0n) is 22.1. The number of hydrogen-bond donors (Lipinski definition) is 1. The fourth-order valence-corrected chi connectivity index (χ4v) is 7.29. The molecule has 0 fully saturated rings. The van der Waals surface area contributed by atoms with Crippen LogP contribution in [-0.4, -0.2) is 41.1 Å². The first-order chi connectivity index (χ1) is 14.8. The van der Waals surface area contributed by atoms with E-state index >= 15 is 0 Å². The van der Waals surface area contributed by atoms with Crippen LogP contribution in [0, 0.1) is 11.8 Å². The second-order valence-corrected chi connectivity index (χ2v) is 18.3. The zero-order chi connectivity index (χ0) is 24.5. The number of hydrogen-bond acceptors (Lipinski definition) is 2. The quantitative estimate of drug-likeness (QED) is 0.220. The van der Waals surface area contributed by atoms with E-state index in [4.69, 9.17) is 4.43 Å². The van der Waals surface area contributed by atoms with Crippen molar-refractivity contribution in [2.75, 3.05) is 6.61 Å². The predicted octanol–water partition coefficient (Wildman–Crippen LogP) is 7.15. The molecule has 0 spiro atoms. The van der Waals surface area contributed by atoms with Crippen LogP contribution in [-0.2, 0) is 4.43 Å². The molecule has 0 aliphatic carbocycles. The second-order valence-electron chi connectivity index (χ2n) is 10.8. The Hall–Kier alpha value is -0.644. The van der Waals surface area contributed by atoms with Crippen LogP contribution in [0.3, 0.4) is 0 Å². The van der Waals surface area contributed by atoms with Gasteiger partial charge in [0, 0.05) is 0 Å². The van der Waals surface area contributed by atoms with E-state index in [2.05, 4.69) is 105 Å². The Morgan fingerprint density at radius 1 is 1.19 bits per heavy atom. The summed E-state index contributed by atoms with van der Waals surface area (Å²) in [6.45, 7) is 25.5. The summed E-state index contributed by atoms with van der Waals surface area (Å²) in [5.41, 5.74) is 2.37. The van der Waals surface area contributed by atoms with E-state index in [1.54, 1.807) is 0 Å². The summed E-state index contributed by atoms with van der Waals surface area (Å²) in [5, 5.41) is 11.6. The van der Waals surface area contributed by atoms with Gasteiger partial charge in [-0.15, -0.1) is 0 Å². The standard InChI is InChI=1S/C28H48O2SeSi/c1-11-21(2)16-15-17-22(3)26(29)27(31-25-18-13-12-14-19-25)24(5)23(4)20-30-32(9,10)28(6,7)8/h12-14,16,18-19,23-24,26-27,29H,3,11,15,17,20H2,1-2,4-10H3/b21-16-/t23-,24-,26?,27?/m0/s1. The Balaban J connectivity index is 2.95. The van der Waals surface area contributed by atoms with E-state index in [0.717, 1.165) is 31.4 Å². The summed E-state index contributed by atoms with van der Waals surface area (Å²) in [4.78, 5) is 0.187. The van der Waals surface area contributed by atoms with Crippen LogP contribution in [0.15, 0.2) is 54.1 Å². The molecule has 32 heavy (non-hydrogen) atoms. The normalized spacial score (nSPS) is 17.0. The van der Waals surface area contributed by atoms with Crippen molar-refractivity contribution in [2.45, 2.75) is 96.8 Å². The van der Waals surface area contributed by atoms with Crippen molar-refractivity contribution in [3.63, 3.8) is 0 Å². The summed E-state index contributed by atoms with van der Waals surface area (Å²) in [7, 11) is -1.78. The second kappa shape index (κ2) is 13.3. The Morgan fingerprint density at radius 3 is 2.31 bits per heavy atom. The van der Waals surface area contributed by atoms with Crippen LogP contribution in [0.25, 0.3) is 0 Å². The van der Waals surface area contributed by atoms with Gasteiger partial charge in [-0.05, 0) is 0 Å². The molecule has 1 rings (SSSR count). The van der Waals surface area contributed by atoms with Crippen molar-refractivity contribution in [3.05, 3.63) is 54.1 Å². The molecule has 0 saturated carbocycles. The van der Waals surface area contributed by atoms with Crippen LogP contribution in [0.4, 0.5) is 0 Å². The van der Waals surface area contributed by atoms with Gasteiger partial charge in [-0.25, -0.2) is 0 Å². The van der Waals surface area contributed by atoms with Crippen molar-refractivity contribution in [2.24, 2.45) is 11.8 Å². The summed E-state index contributed by atoms with van der Waals surface area (Å²) in [6, 6.07) is 10.6. The van der Waals surface area contributed by atoms with E-state index in [1.165, 1.54) is 10.0 Å². The summed E-state index contributed by atoms with van der Waals surface area (Å²) < 4.78 is 7.89. The Bertz CT molecular complexity index is 721. The number of aliphatic hydroxyl groups is 1. The first-order valence-corrected chi connectivity index (χ1v) is 16.9. The van der Waals surface area contributed by atoms with Crippen LogP contribution in [0.2, 0.25) is 22.9 Å². The molecule has 0 aliphatic heterocycles. The number of rotatable bonds is 13. The predicted molar refractivity (Wildman–Crippen MR) is 145 cm³/mol. The van der Waals surface area contributed by atoms with E-state index < -0.39 is 14.4 Å². The van der Waals surface area contributed by atoms with E-state index in [0.29, 0.717) is 11.8 Å². The first kappa shape index (κ1) is 29.4. The monoisotopic (exact) mass is 524 g/mol. The van der Waals surface area contributed by atoms with Gasteiger partial charge in [0.2, 0.25) is 0 Å². The maximum atomic E-state index is 11.4. The van der Waals surface area contributed by atoms with Gasteiger partial charge in [0.05, 0.1) is 0 Å². The third-order valence-corrected chi connectivity index (χ3v) is 14.8. The van der Waals surface area contributed by atoms with Crippen molar-refractivity contribution in [1.82, 2.24) is 0 Å². The minimum atomic E-state index is -1.78. The van der Waals surface area contributed by atoms with Crippen LogP contribution >= 0.6 is 0 Å².